The molecule has 0 saturated heterocycles. The highest BCUT2D eigenvalue weighted by atomic mass is 16.7. The lowest BCUT2D eigenvalue weighted by atomic mass is 10.1. The molecule has 1 aliphatic rings. The summed E-state index contributed by atoms with van der Waals surface area (Å²) in [5, 5.41) is 51.5. The van der Waals surface area contributed by atoms with Gasteiger partial charge in [0.05, 0.1) is 11.7 Å². The van der Waals surface area contributed by atoms with E-state index in [4.69, 9.17) is 9.47 Å². The van der Waals surface area contributed by atoms with Crippen molar-refractivity contribution in [2.24, 2.45) is 0 Å². The maximum Gasteiger partial charge on any atom is 0.255 e. The minimum absolute atomic E-state index is 0.0587. The first-order chi connectivity index (χ1) is 12.7. The Morgan fingerprint density at radius 2 is 2.07 bits per heavy atom. The minimum atomic E-state index is -1.32. The van der Waals surface area contributed by atoms with Gasteiger partial charge in [0.15, 0.2) is 6.29 Å². The van der Waals surface area contributed by atoms with Gasteiger partial charge in [-0.05, 0) is 32.1 Å². The molecule has 1 aromatic rings. The van der Waals surface area contributed by atoms with Gasteiger partial charge in [0.1, 0.15) is 36.4 Å². The first-order valence-corrected chi connectivity index (χ1v) is 8.47. The van der Waals surface area contributed by atoms with Crippen LogP contribution in [-0.2, 0) is 9.47 Å². The standard InChI is InChI=1S/C18H25NO8/c1-9-3-4-13(22)12(5-9)17(25)19-7-15(24)16(10(2)20)27-18-14(23)6-11(21)8-26-18/h3-6,10,14-16,18,20-24H,7-8H2,1-2H3,(H,19,25)/t10?,14?,15-,16-,18+/m1/s1. The van der Waals surface area contributed by atoms with Gasteiger partial charge in [-0.3, -0.25) is 4.79 Å². The molecule has 0 saturated carbocycles. The number of hydrogen-bond donors (Lipinski definition) is 6. The third-order valence-electron chi connectivity index (χ3n) is 4.05. The van der Waals surface area contributed by atoms with Gasteiger partial charge >= 0.3 is 0 Å². The molecule has 1 aromatic carbocycles. The topological polar surface area (TPSA) is 149 Å². The molecule has 0 radical (unpaired) electrons. The van der Waals surface area contributed by atoms with Crippen LogP contribution in [0.15, 0.2) is 30.0 Å². The highest BCUT2D eigenvalue weighted by Gasteiger charge is 2.33. The van der Waals surface area contributed by atoms with Crippen LogP contribution < -0.4 is 5.32 Å². The van der Waals surface area contributed by atoms with E-state index in [0.717, 1.165) is 11.6 Å². The van der Waals surface area contributed by atoms with E-state index in [1.807, 2.05) is 0 Å². The lowest BCUT2D eigenvalue weighted by Gasteiger charge is -2.33. The fourth-order valence-electron chi connectivity index (χ4n) is 2.63. The molecule has 6 N–H and O–H groups in total. The highest BCUT2D eigenvalue weighted by Crippen LogP contribution is 2.19. The van der Waals surface area contributed by atoms with Gasteiger partial charge < -0.3 is 40.3 Å². The molecule has 0 bridgehead atoms. The Bertz CT molecular complexity index is 690. The number of phenols is 1. The normalized spacial score (nSPS) is 23.2. The molecule has 2 unspecified atom stereocenters. The zero-order valence-electron chi connectivity index (χ0n) is 15.1. The Morgan fingerprint density at radius 3 is 2.70 bits per heavy atom. The van der Waals surface area contributed by atoms with E-state index in [9.17, 15) is 30.3 Å². The van der Waals surface area contributed by atoms with Gasteiger partial charge in [0, 0.05) is 6.54 Å². The highest BCUT2D eigenvalue weighted by molar-refractivity contribution is 5.97. The quantitative estimate of drug-likeness (QED) is 0.376. The van der Waals surface area contributed by atoms with Gasteiger partial charge in [0.25, 0.3) is 5.91 Å². The Hall–Kier alpha value is -2.17. The molecular weight excluding hydrogens is 358 g/mol. The van der Waals surface area contributed by atoms with Crippen LogP contribution in [0.3, 0.4) is 0 Å². The molecule has 1 heterocycles. The van der Waals surface area contributed by atoms with E-state index in [1.54, 1.807) is 13.0 Å². The number of ether oxygens (including phenoxy) is 2. The molecule has 9 heteroatoms. The van der Waals surface area contributed by atoms with Crippen molar-refractivity contribution in [2.75, 3.05) is 13.2 Å². The van der Waals surface area contributed by atoms with E-state index >= 15 is 0 Å². The van der Waals surface area contributed by atoms with Gasteiger partial charge in [0.2, 0.25) is 0 Å². The first kappa shape index (κ1) is 21.1. The second kappa shape index (κ2) is 9.16. The zero-order chi connectivity index (χ0) is 20.1. The molecule has 150 valence electrons. The number of phenolic OH excluding ortho intramolecular Hbond substituents is 1. The van der Waals surface area contributed by atoms with E-state index in [0.29, 0.717) is 0 Å². The van der Waals surface area contributed by atoms with E-state index in [2.05, 4.69) is 5.32 Å². The average molecular weight is 383 g/mol. The molecule has 9 nitrogen and oxygen atoms in total. The monoisotopic (exact) mass is 383 g/mol. The van der Waals surface area contributed by atoms with Crippen molar-refractivity contribution >= 4 is 5.91 Å². The van der Waals surface area contributed by atoms with E-state index in [1.165, 1.54) is 19.1 Å². The predicted molar refractivity (Wildman–Crippen MR) is 94.2 cm³/mol. The fourth-order valence-corrected chi connectivity index (χ4v) is 2.63. The van der Waals surface area contributed by atoms with Gasteiger partial charge in [-0.1, -0.05) is 11.6 Å². The van der Waals surface area contributed by atoms with Crippen LogP contribution in [-0.4, -0.2) is 75.3 Å². The molecule has 2 rings (SSSR count). The summed E-state index contributed by atoms with van der Waals surface area (Å²) >= 11 is 0. The summed E-state index contributed by atoms with van der Waals surface area (Å²) in [6.07, 6.45) is -4.96. The number of carbonyl (C=O) groups is 1. The third kappa shape index (κ3) is 5.65. The minimum Gasteiger partial charge on any atom is -0.510 e. The summed E-state index contributed by atoms with van der Waals surface area (Å²) < 4.78 is 10.6. The number of nitrogens with one attached hydrogen (secondary N) is 1. The lowest BCUT2D eigenvalue weighted by molar-refractivity contribution is -0.241. The van der Waals surface area contributed by atoms with Crippen molar-refractivity contribution in [3.8, 4) is 5.75 Å². The molecule has 0 aliphatic carbocycles. The van der Waals surface area contributed by atoms with Crippen molar-refractivity contribution < 1.29 is 39.8 Å². The second-order valence-electron chi connectivity index (χ2n) is 6.47. The van der Waals surface area contributed by atoms with Crippen LogP contribution >= 0.6 is 0 Å². The largest absolute Gasteiger partial charge is 0.510 e. The van der Waals surface area contributed by atoms with Crippen LogP contribution in [0, 0.1) is 6.92 Å². The number of aliphatic hydroxyl groups excluding tert-OH is 4. The Labute approximate surface area is 156 Å². The molecule has 0 spiro atoms. The summed E-state index contributed by atoms with van der Waals surface area (Å²) in [7, 11) is 0. The number of benzene rings is 1. The summed E-state index contributed by atoms with van der Waals surface area (Å²) in [4.78, 5) is 12.2. The number of aliphatic hydroxyl groups is 4. The van der Waals surface area contributed by atoms with E-state index in [-0.39, 0.29) is 30.2 Å². The SMILES string of the molecule is Cc1ccc(O)c(C(=O)NC[C@@H](O)[C@H](O[C@@H]2OCC(O)=CC2O)C(C)O)c1. The molecular formula is C18H25NO8. The van der Waals surface area contributed by atoms with Crippen LogP contribution in [0.4, 0.5) is 0 Å². The number of hydrogen-bond acceptors (Lipinski definition) is 8. The van der Waals surface area contributed by atoms with E-state index < -0.39 is 36.6 Å². The van der Waals surface area contributed by atoms with Crippen molar-refractivity contribution in [3.05, 3.63) is 41.2 Å². The van der Waals surface area contributed by atoms with Crippen LogP contribution in [0.1, 0.15) is 22.8 Å². The molecule has 0 fully saturated rings. The maximum absolute atomic E-state index is 12.2. The van der Waals surface area contributed by atoms with Crippen molar-refractivity contribution in [1.29, 1.82) is 0 Å². The number of aryl methyl sites for hydroxylation is 1. The van der Waals surface area contributed by atoms with Crippen LogP contribution in [0.5, 0.6) is 5.75 Å². The van der Waals surface area contributed by atoms with Crippen LogP contribution in [0.25, 0.3) is 0 Å². The van der Waals surface area contributed by atoms with Crippen molar-refractivity contribution in [3.63, 3.8) is 0 Å². The predicted octanol–water partition coefficient (Wildman–Crippen LogP) is -0.284. The summed E-state index contributed by atoms with van der Waals surface area (Å²) in [6.45, 7) is 2.70. The van der Waals surface area contributed by atoms with Crippen molar-refractivity contribution in [2.45, 2.75) is 44.6 Å². The Balaban J connectivity index is 1.97. The van der Waals surface area contributed by atoms with Crippen molar-refractivity contribution in [1.82, 2.24) is 5.32 Å². The van der Waals surface area contributed by atoms with Gasteiger partial charge in [-0.2, -0.15) is 0 Å². The number of aromatic hydroxyl groups is 1. The Morgan fingerprint density at radius 1 is 1.37 bits per heavy atom. The summed E-state index contributed by atoms with van der Waals surface area (Å²) in [5.74, 6) is -0.940. The first-order valence-electron chi connectivity index (χ1n) is 8.47. The molecule has 1 amide bonds. The number of amides is 1. The van der Waals surface area contributed by atoms with Crippen LogP contribution in [0.2, 0.25) is 0 Å². The number of carbonyl (C=O) groups excluding carboxylic acids is 1. The van der Waals surface area contributed by atoms with Gasteiger partial charge in [-0.15, -0.1) is 0 Å². The average Bonchev–Trinajstić information content (AvgIpc) is 2.60. The summed E-state index contributed by atoms with van der Waals surface area (Å²) in [6, 6.07) is 4.55. The third-order valence-corrected chi connectivity index (χ3v) is 4.05. The number of rotatable bonds is 7. The molecule has 0 aromatic heterocycles. The second-order valence-corrected chi connectivity index (χ2v) is 6.47. The van der Waals surface area contributed by atoms with Gasteiger partial charge in [-0.25, -0.2) is 0 Å². The maximum atomic E-state index is 12.2. The fraction of sp³-hybridized carbons (Fsp3) is 0.500. The smallest absolute Gasteiger partial charge is 0.255 e. The summed E-state index contributed by atoms with van der Waals surface area (Å²) in [5.41, 5.74) is 0.840. The zero-order valence-corrected chi connectivity index (χ0v) is 15.1. The molecule has 5 atom stereocenters. The molecule has 1 aliphatic heterocycles. The lowest BCUT2D eigenvalue weighted by Crippen LogP contribution is -2.49. The molecule has 27 heavy (non-hydrogen) atoms. The Kier molecular flexibility index (Phi) is 7.17.